The largest absolute Gasteiger partial charge is 0.299 e. The fraction of sp³-hybridized carbons (Fsp3) is 0.692. The quantitative estimate of drug-likeness (QED) is 0.745. The maximum atomic E-state index is 3.52. The average Bonchev–Trinajstić information content (AvgIpc) is 2.74. The van der Waals surface area contributed by atoms with Crippen LogP contribution in [0.3, 0.4) is 0 Å². The lowest BCUT2D eigenvalue weighted by Gasteiger charge is -2.27. The molecule has 0 saturated heterocycles. The summed E-state index contributed by atoms with van der Waals surface area (Å²) < 4.78 is 0. The summed E-state index contributed by atoms with van der Waals surface area (Å²) in [5.74, 6) is 0.850. The molecule has 0 saturated carbocycles. The molecule has 1 aromatic rings. The van der Waals surface area contributed by atoms with Crippen LogP contribution in [0.5, 0.6) is 0 Å². The molecular formula is C13H20BrNS. The Morgan fingerprint density at radius 2 is 2.38 bits per heavy atom. The summed E-state index contributed by atoms with van der Waals surface area (Å²) in [6.45, 7) is 6.07. The van der Waals surface area contributed by atoms with Crippen LogP contribution in [0.25, 0.3) is 0 Å². The van der Waals surface area contributed by atoms with Gasteiger partial charge in [0.25, 0.3) is 0 Å². The Labute approximate surface area is 111 Å². The van der Waals surface area contributed by atoms with Gasteiger partial charge in [-0.05, 0) is 48.7 Å². The van der Waals surface area contributed by atoms with Gasteiger partial charge in [0.15, 0.2) is 0 Å². The van der Waals surface area contributed by atoms with Crippen molar-refractivity contribution < 1.29 is 0 Å². The van der Waals surface area contributed by atoms with Crippen LogP contribution in [0.2, 0.25) is 0 Å². The Hall–Kier alpha value is 0.140. The van der Waals surface area contributed by atoms with Crippen molar-refractivity contribution >= 4 is 27.3 Å². The lowest BCUT2D eigenvalue weighted by atomic mass is 10.0. The molecule has 0 aromatic carbocycles. The van der Waals surface area contributed by atoms with Crippen LogP contribution in [0.1, 0.15) is 30.2 Å². The van der Waals surface area contributed by atoms with E-state index in [9.17, 15) is 0 Å². The number of hydrogen-bond acceptors (Lipinski definition) is 2. The summed E-state index contributed by atoms with van der Waals surface area (Å²) >= 11 is 5.45. The van der Waals surface area contributed by atoms with Crippen molar-refractivity contribution in [1.82, 2.24) is 4.90 Å². The van der Waals surface area contributed by atoms with E-state index in [0.717, 1.165) is 11.2 Å². The van der Waals surface area contributed by atoms with Crippen LogP contribution < -0.4 is 0 Å². The molecule has 1 aliphatic heterocycles. The van der Waals surface area contributed by atoms with E-state index in [2.05, 4.69) is 39.2 Å². The first-order valence-corrected chi connectivity index (χ1v) is 8.13. The van der Waals surface area contributed by atoms with Crippen LogP contribution in [-0.4, -0.2) is 23.3 Å². The normalized spacial score (nSPS) is 18.4. The summed E-state index contributed by atoms with van der Waals surface area (Å²) in [7, 11) is 0. The average molecular weight is 302 g/mol. The van der Waals surface area contributed by atoms with Gasteiger partial charge in [-0.15, -0.1) is 11.3 Å². The molecule has 2 heterocycles. The van der Waals surface area contributed by atoms with E-state index in [-0.39, 0.29) is 0 Å². The van der Waals surface area contributed by atoms with Gasteiger partial charge in [-0.3, -0.25) is 4.90 Å². The number of thiophene rings is 1. The molecule has 16 heavy (non-hydrogen) atoms. The second kappa shape index (κ2) is 6.18. The van der Waals surface area contributed by atoms with Gasteiger partial charge in [0.2, 0.25) is 0 Å². The van der Waals surface area contributed by atoms with Gasteiger partial charge in [-0.2, -0.15) is 0 Å². The fourth-order valence-corrected chi connectivity index (χ4v) is 3.90. The van der Waals surface area contributed by atoms with E-state index < -0.39 is 0 Å². The predicted octanol–water partition coefficient (Wildman–Crippen LogP) is 3.92. The van der Waals surface area contributed by atoms with Gasteiger partial charge < -0.3 is 0 Å². The van der Waals surface area contributed by atoms with Crippen LogP contribution in [0.4, 0.5) is 0 Å². The molecule has 0 fully saturated rings. The maximum absolute atomic E-state index is 3.52. The first kappa shape index (κ1) is 12.6. The molecule has 0 aliphatic carbocycles. The topological polar surface area (TPSA) is 3.24 Å². The minimum atomic E-state index is 0.850. The van der Waals surface area contributed by atoms with Crippen molar-refractivity contribution in [3.8, 4) is 0 Å². The number of halogens is 1. The minimum Gasteiger partial charge on any atom is -0.299 e. The third kappa shape index (κ3) is 3.31. The third-order valence-electron chi connectivity index (χ3n) is 3.43. The summed E-state index contributed by atoms with van der Waals surface area (Å²) in [6.07, 6.45) is 3.91. The number of alkyl halides is 1. The molecule has 2 rings (SSSR count). The van der Waals surface area contributed by atoms with Gasteiger partial charge in [0.1, 0.15) is 0 Å². The van der Waals surface area contributed by atoms with Crippen molar-refractivity contribution in [2.45, 2.75) is 32.7 Å². The molecule has 1 unspecified atom stereocenters. The van der Waals surface area contributed by atoms with E-state index >= 15 is 0 Å². The van der Waals surface area contributed by atoms with Gasteiger partial charge >= 0.3 is 0 Å². The molecular weight excluding hydrogens is 282 g/mol. The Morgan fingerprint density at radius 3 is 3.19 bits per heavy atom. The van der Waals surface area contributed by atoms with Crippen molar-refractivity contribution in [2.24, 2.45) is 5.92 Å². The lowest BCUT2D eigenvalue weighted by molar-refractivity contribution is 0.237. The van der Waals surface area contributed by atoms with E-state index in [1.807, 2.05) is 11.3 Å². The van der Waals surface area contributed by atoms with E-state index in [1.54, 1.807) is 10.4 Å². The van der Waals surface area contributed by atoms with Gasteiger partial charge in [-0.1, -0.05) is 22.9 Å². The molecule has 0 N–H and O–H groups in total. The number of fused-ring (bicyclic) bond motifs is 1. The SMILES string of the molecule is CC(CCBr)CCN1CCc2sccc2C1. The van der Waals surface area contributed by atoms with Gasteiger partial charge in [0.05, 0.1) is 0 Å². The molecule has 1 aliphatic rings. The maximum Gasteiger partial charge on any atom is 0.0244 e. The number of rotatable bonds is 5. The van der Waals surface area contributed by atoms with Crippen molar-refractivity contribution in [1.29, 1.82) is 0 Å². The summed E-state index contributed by atoms with van der Waals surface area (Å²) in [6, 6.07) is 2.30. The highest BCUT2D eigenvalue weighted by Gasteiger charge is 2.17. The van der Waals surface area contributed by atoms with Crippen molar-refractivity contribution in [3.63, 3.8) is 0 Å². The fourth-order valence-electron chi connectivity index (χ4n) is 2.23. The molecule has 1 atom stereocenters. The van der Waals surface area contributed by atoms with Gasteiger partial charge in [0, 0.05) is 23.3 Å². The summed E-state index contributed by atoms with van der Waals surface area (Å²) in [5, 5.41) is 3.38. The van der Waals surface area contributed by atoms with Crippen LogP contribution in [0, 0.1) is 5.92 Å². The Kier molecular flexibility index (Phi) is 4.86. The highest BCUT2D eigenvalue weighted by molar-refractivity contribution is 9.09. The van der Waals surface area contributed by atoms with Crippen LogP contribution in [-0.2, 0) is 13.0 Å². The zero-order valence-electron chi connectivity index (χ0n) is 9.92. The Balaban J connectivity index is 1.77. The third-order valence-corrected chi connectivity index (χ3v) is 4.91. The smallest absolute Gasteiger partial charge is 0.0244 e. The predicted molar refractivity (Wildman–Crippen MR) is 75.5 cm³/mol. The Morgan fingerprint density at radius 1 is 1.50 bits per heavy atom. The van der Waals surface area contributed by atoms with Crippen molar-refractivity contribution in [2.75, 3.05) is 18.4 Å². The highest BCUT2D eigenvalue weighted by atomic mass is 79.9. The molecule has 0 amide bonds. The molecule has 0 radical (unpaired) electrons. The van der Waals surface area contributed by atoms with Crippen LogP contribution in [0.15, 0.2) is 11.4 Å². The van der Waals surface area contributed by atoms with Crippen LogP contribution >= 0.6 is 27.3 Å². The highest BCUT2D eigenvalue weighted by Crippen LogP contribution is 2.24. The molecule has 90 valence electrons. The lowest BCUT2D eigenvalue weighted by Crippen LogP contribution is -2.31. The summed E-state index contributed by atoms with van der Waals surface area (Å²) in [4.78, 5) is 4.23. The molecule has 1 nitrogen and oxygen atoms in total. The second-order valence-electron chi connectivity index (χ2n) is 4.77. The first-order chi connectivity index (χ1) is 7.79. The number of nitrogens with zero attached hydrogens (tertiary/aromatic N) is 1. The second-order valence-corrected chi connectivity index (χ2v) is 6.56. The van der Waals surface area contributed by atoms with E-state index in [1.165, 1.54) is 38.9 Å². The summed E-state index contributed by atoms with van der Waals surface area (Å²) in [5.41, 5.74) is 1.57. The van der Waals surface area contributed by atoms with E-state index in [4.69, 9.17) is 0 Å². The molecule has 0 bridgehead atoms. The van der Waals surface area contributed by atoms with E-state index in [0.29, 0.717) is 0 Å². The zero-order valence-corrected chi connectivity index (χ0v) is 12.3. The zero-order chi connectivity index (χ0) is 11.4. The first-order valence-electron chi connectivity index (χ1n) is 6.13. The van der Waals surface area contributed by atoms with Gasteiger partial charge in [-0.25, -0.2) is 0 Å². The Bertz CT molecular complexity index is 323. The minimum absolute atomic E-state index is 0.850. The van der Waals surface area contributed by atoms with Crippen molar-refractivity contribution in [3.05, 3.63) is 21.9 Å². The number of hydrogen-bond donors (Lipinski definition) is 0. The standard InChI is InChI=1S/C13H20BrNS/c1-11(2-6-14)3-7-15-8-4-13-12(10-15)5-9-16-13/h5,9,11H,2-4,6-8,10H2,1H3. The molecule has 1 aromatic heterocycles. The molecule has 3 heteroatoms. The monoisotopic (exact) mass is 301 g/mol. The molecule has 0 spiro atoms.